The zero-order chi connectivity index (χ0) is 11.3. The Kier molecular flexibility index (Phi) is 5.08. The van der Waals surface area contributed by atoms with Crippen LogP contribution in [0.15, 0.2) is 12.7 Å². The first kappa shape index (κ1) is 12.5. The molecule has 1 rings (SSSR count). The molecule has 0 aliphatic heterocycles. The van der Waals surface area contributed by atoms with E-state index in [0.29, 0.717) is 5.15 Å². The second-order valence-corrected chi connectivity index (χ2v) is 4.64. The summed E-state index contributed by atoms with van der Waals surface area (Å²) in [5.41, 5.74) is 0. The molecule has 1 N–H and O–H groups in total. The molecular weight excluding hydrogens is 232 g/mol. The minimum Gasteiger partial charge on any atom is -0.391 e. The van der Waals surface area contributed by atoms with Crippen molar-refractivity contribution >= 4 is 28.1 Å². The third-order valence-corrected chi connectivity index (χ3v) is 3.59. The molecule has 0 radical (unpaired) electrons. The fourth-order valence-electron chi connectivity index (χ4n) is 1.15. The Morgan fingerprint density at radius 2 is 2.40 bits per heavy atom. The topological polar surface area (TPSA) is 36.4 Å². The van der Waals surface area contributed by atoms with Gasteiger partial charge in [0, 0.05) is 13.6 Å². The van der Waals surface area contributed by atoms with Gasteiger partial charge in [-0.3, -0.25) is 0 Å². The van der Waals surface area contributed by atoms with Crippen LogP contribution in [0.1, 0.15) is 17.7 Å². The highest BCUT2D eigenvalue weighted by molar-refractivity contribution is 7.16. The molecule has 1 aromatic heterocycles. The van der Waals surface area contributed by atoms with Crippen LogP contribution in [0.25, 0.3) is 0 Å². The van der Waals surface area contributed by atoms with Gasteiger partial charge in [0.15, 0.2) is 5.13 Å². The van der Waals surface area contributed by atoms with Gasteiger partial charge in [0.1, 0.15) is 5.15 Å². The lowest BCUT2D eigenvalue weighted by atomic mass is 10.3. The van der Waals surface area contributed by atoms with Crippen molar-refractivity contribution in [3.05, 3.63) is 22.7 Å². The number of thiazole rings is 1. The highest BCUT2D eigenvalue weighted by atomic mass is 35.5. The predicted octanol–water partition coefficient (Wildman–Crippen LogP) is 2.69. The van der Waals surface area contributed by atoms with E-state index in [1.54, 1.807) is 0 Å². The van der Waals surface area contributed by atoms with Crippen molar-refractivity contribution in [3.8, 4) is 0 Å². The Hall–Kier alpha value is -0.580. The third kappa shape index (κ3) is 3.48. The molecule has 0 saturated heterocycles. The van der Waals surface area contributed by atoms with Gasteiger partial charge in [-0.15, -0.1) is 6.58 Å². The van der Waals surface area contributed by atoms with E-state index >= 15 is 0 Å². The maximum atomic E-state index is 8.98. The molecule has 0 saturated carbocycles. The van der Waals surface area contributed by atoms with Crippen molar-refractivity contribution < 1.29 is 5.11 Å². The maximum Gasteiger partial charge on any atom is 0.186 e. The van der Waals surface area contributed by atoms with Crippen LogP contribution in [0.3, 0.4) is 0 Å². The first-order valence-corrected chi connectivity index (χ1v) is 5.96. The smallest absolute Gasteiger partial charge is 0.186 e. The minimum atomic E-state index is -0.0446. The van der Waals surface area contributed by atoms with Crippen molar-refractivity contribution in [3.63, 3.8) is 0 Å². The molecule has 0 aliphatic rings. The van der Waals surface area contributed by atoms with Gasteiger partial charge in [0.05, 0.1) is 11.5 Å². The molecule has 15 heavy (non-hydrogen) atoms. The summed E-state index contributed by atoms with van der Waals surface area (Å²) in [7, 11) is 1.97. The van der Waals surface area contributed by atoms with Crippen LogP contribution in [-0.4, -0.2) is 23.7 Å². The zero-order valence-corrected chi connectivity index (χ0v) is 10.3. The summed E-state index contributed by atoms with van der Waals surface area (Å²) < 4.78 is 0. The number of aliphatic hydroxyl groups is 1. The van der Waals surface area contributed by atoms with Crippen molar-refractivity contribution in [2.24, 2.45) is 0 Å². The largest absolute Gasteiger partial charge is 0.391 e. The Morgan fingerprint density at radius 1 is 1.67 bits per heavy atom. The van der Waals surface area contributed by atoms with Crippen LogP contribution in [0.4, 0.5) is 5.13 Å². The van der Waals surface area contributed by atoms with E-state index in [2.05, 4.69) is 11.6 Å². The molecule has 0 unspecified atom stereocenters. The van der Waals surface area contributed by atoms with Gasteiger partial charge >= 0.3 is 0 Å². The molecule has 0 aromatic carbocycles. The lowest BCUT2D eigenvalue weighted by Gasteiger charge is -2.14. The van der Waals surface area contributed by atoms with E-state index in [9.17, 15) is 0 Å². The maximum absolute atomic E-state index is 8.98. The van der Waals surface area contributed by atoms with Crippen LogP contribution >= 0.6 is 22.9 Å². The molecule has 1 aromatic rings. The molecule has 0 fully saturated rings. The summed E-state index contributed by atoms with van der Waals surface area (Å²) in [6.45, 7) is 4.55. The van der Waals surface area contributed by atoms with E-state index < -0.39 is 0 Å². The Labute approximate surface area is 99.0 Å². The molecule has 0 aliphatic carbocycles. The minimum absolute atomic E-state index is 0.0446. The van der Waals surface area contributed by atoms with E-state index in [-0.39, 0.29) is 6.61 Å². The SMILES string of the molecule is C=CCCCN(C)c1nc(Cl)c(CO)s1. The number of hydrogen-bond acceptors (Lipinski definition) is 4. The number of halogens is 1. The Bertz CT molecular complexity index is 327. The van der Waals surface area contributed by atoms with Gasteiger partial charge < -0.3 is 10.0 Å². The zero-order valence-electron chi connectivity index (χ0n) is 8.74. The second kappa shape index (κ2) is 6.10. The van der Waals surface area contributed by atoms with Gasteiger partial charge in [0.25, 0.3) is 0 Å². The number of anilines is 1. The van der Waals surface area contributed by atoms with Gasteiger partial charge in [-0.1, -0.05) is 29.0 Å². The number of aliphatic hydroxyl groups excluding tert-OH is 1. The van der Waals surface area contributed by atoms with Gasteiger partial charge in [-0.05, 0) is 12.8 Å². The molecule has 0 amide bonds. The summed E-state index contributed by atoms with van der Waals surface area (Å²) >= 11 is 7.28. The lowest BCUT2D eigenvalue weighted by Crippen LogP contribution is -2.17. The average Bonchev–Trinajstić information content (AvgIpc) is 2.60. The molecule has 1 heterocycles. The van der Waals surface area contributed by atoms with Crippen molar-refractivity contribution in [2.75, 3.05) is 18.5 Å². The van der Waals surface area contributed by atoms with E-state index in [1.165, 1.54) is 11.3 Å². The van der Waals surface area contributed by atoms with Crippen LogP contribution in [0, 0.1) is 0 Å². The molecular formula is C10H15ClN2OS. The van der Waals surface area contributed by atoms with Crippen molar-refractivity contribution in [2.45, 2.75) is 19.4 Å². The quantitative estimate of drug-likeness (QED) is 0.619. The number of aromatic nitrogens is 1. The fourth-order valence-corrected chi connectivity index (χ4v) is 2.26. The van der Waals surface area contributed by atoms with Gasteiger partial charge in [0.2, 0.25) is 0 Å². The standard InChI is InChI=1S/C10H15ClN2OS/c1-3-4-5-6-13(2)10-12-9(11)8(7-14)15-10/h3,14H,1,4-7H2,2H3. The van der Waals surface area contributed by atoms with Gasteiger partial charge in [-0.2, -0.15) is 0 Å². The average molecular weight is 247 g/mol. The summed E-state index contributed by atoms with van der Waals surface area (Å²) in [5, 5.41) is 10.2. The molecule has 0 atom stereocenters. The van der Waals surface area contributed by atoms with E-state index in [0.717, 1.165) is 29.4 Å². The normalized spacial score (nSPS) is 10.3. The molecule has 5 heteroatoms. The summed E-state index contributed by atoms with van der Waals surface area (Å²) in [6.07, 6.45) is 3.95. The van der Waals surface area contributed by atoms with E-state index in [1.807, 2.05) is 18.0 Å². The lowest BCUT2D eigenvalue weighted by molar-refractivity contribution is 0.285. The highest BCUT2D eigenvalue weighted by Crippen LogP contribution is 2.28. The number of allylic oxidation sites excluding steroid dienone is 1. The molecule has 3 nitrogen and oxygen atoms in total. The number of hydrogen-bond donors (Lipinski definition) is 1. The number of unbranched alkanes of at least 4 members (excludes halogenated alkanes) is 1. The third-order valence-electron chi connectivity index (χ3n) is 2.01. The fraction of sp³-hybridized carbons (Fsp3) is 0.500. The first-order valence-electron chi connectivity index (χ1n) is 4.77. The first-order chi connectivity index (χ1) is 7.19. The highest BCUT2D eigenvalue weighted by Gasteiger charge is 2.11. The van der Waals surface area contributed by atoms with Crippen molar-refractivity contribution in [1.29, 1.82) is 0 Å². The van der Waals surface area contributed by atoms with Crippen LogP contribution in [-0.2, 0) is 6.61 Å². The summed E-state index contributed by atoms with van der Waals surface area (Å²) in [4.78, 5) is 6.95. The van der Waals surface area contributed by atoms with Crippen LogP contribution in [0.2, 0.25) is 5.15 Å². The van der Waals surface area contributed by atoms with Crippen LogP contribution in [0.5, 0.6) is 0 Å². The number of rotatable bonds is 6. The molecule has 0 bridgehead atoms. The summed E-state index contributed by atoms with van der Waals surface area (Å²) in [5.74, 6) is 0. The second-order valence-electron chi connectivity index (χ2n) is 3.22. The monoisotopic (exact) mass is 246 g/mol. The van der Waals surface area contributed by atoms with Crippen LogP contribution < -0.4 is 4.90 Å². The summed E-state index contributed by atoms with van der Waals surface area (Å²) in [6, 6.07) is 0. The molecule has 84 valence electrons. The molecule has 0 spiro atoms. The van der Waals surface area contributed by atoms with E-state index in [4.69, 9.17) is 16.7 Å². The Morgan fingerprint density at radius 3 is 2.93 bits per heavy atom. The number of nitrogens with zero attached hydrogens (tertiary/aromatic N) is 2. The Balaban J connectivity index is 2.57. The van der Waals surface area contributed by atoms with Crippen molar-refractivity contribution in [1.82, 2.24) is 4.98 Å². The predicted molar refractivity (Wildman–Crippen MR) is 65.7 cm³/mol. The van der Waals surface area contributed by atoms with Gasteiger partial charge in [-0.25, -0.2) is 4.98 Å².